The lowest BCUT2D eigenvalue weighted by atomic mass is 10.1. The first-order valence-electron chi connectivity index (χ1n) is 15.3. The van der Waals surface area contributed by atoms with Gasteiger partial charge in [0.05, 0.1) is 22.6 Å². The molecule has 0 atom stereocenters. The van der Waals surface area contributed by atoms with Gasteiger partial charge in [-0.3, -0.25) is 19.8 Å². The molecule has 1 aliphatic rings. The molecular formula is C38H30N4O5S. The summed E-state index contributed by atoms with van der Waals surface area (Å²) in [6.07, 6.45) is 4.40. The van der Waals surface area contributed by atoms with Crippen molar-refractivity contribution in [3.8, 4) is 11.5 Å². The van der Waals surface area contributed by atoms with Crippen LogP contribution in [0.3, 0.4) is 0 Å². The number of nitrogens with zero attached hydrogens (tertiary/aromatic N) is 3. The fourth-order valence-electron chi connectivity index (χ4n) is 5.74. The van der Waals surface area contributed by atoms with Crippen molar-refractivity contribution in [2.75, 3.05) is 13.7 Å². The van der Waals surface area contributed by atoms with Crippen LogP contribution in [0.4, 0.5) is 11.4 Å². The molecule has 0 saturated carbocycles. The van der Waals surface area contributed by atoms with Crippen molar-refractivity contribution < 1.29 is 19.2 Å². The summed E-state index contributed by atoms with van der Waals surface area (Å²) >= 11 is 1.27. The van der Waals surface area contributed by atoms with Gasteiger partial charge < -0.3 is 14.5 Å². The molecule has 1 aromatic heterocycles. The third-order valence-electron chi connectivity index (χ3n) is 8.20. The van der Waals surface area contributed by atoms with Gasteiger partial charge in [0.15, 0.2) is 16.7 Å². The summed E-state index contributed by atoms with van der Waals surface area (Å²) in [5, 5.41) is 15.1. The molecule has 1 N–H and O–H groups in total. The van der Waals surface area contributed by atoms with Crippen molar-refractivity contribution in [3.63, 3.8) is 0 Å². The average molecular weight is 655 g/mol. The maximum absolute atomic E-state index is 13.9. The lowest BCUT2D eigenvalue weighted by Crippen LogP contribution is -2.31. The van der Waals surface area contributed by atoms with E-state index in [2.05, 4.69) is 35.3 Å². The number of amides is 1. The van der Waals surface area contributed by atoms with Crippen LogP contribution >= 0.6 is 11.8 Å². The predicted octanol–water partition coefficient (Wildman–Crippen LogP) is 8.66. The van der Waals surface area contributed by atoms with Crippen LogP contribution in [0.2, 0.25) is 0 Å². The number of aromatic nitrogens is 1. The Hall–Kier alpha value is -5.87. The van der Waals surface area contributed by atoms with Crippen LogP contribution in [0.25, 0.3) is 27.8 Å². The molecule has 0 aliphatic carbocycles. The quantitative estimate of drug-likeness (QED) is 0.0899. The second-order valence-electron chi connectivity index (χ2n) is 11.2. The fraction of sp³-hybridized carbons (Fsp3) is 0.105. The maximum Gasteiger partial charge on any atom is 0.269 e. The molecule has 6 aromatic rings. The van der Waals surface area contributed by atoms with Crippen LogP contribution in [0, 0.1) is 10.1 Å². The van der Waals surface area contributed by atoms with Gasteiger partial charge in [0, 0.05) is 35.8 Å². The molecule has 7 rings (SSSR count). The van der Waals surface area contributed by atoms with Gasteiger partial charge in [0.2, 0.25) is 0 Å². The predicted molar refractivity (Wildman–Crippen MR) is 191 cm³/mol. The Morgan fingerprint density at radius 1 is 0.896 bits per heavy atom. The number of carbonyl (C=O) groups is 1. The fourth-order valence-corrected chi connectivity index (χ4v) is 6.76. The van der Waals surface area contributed by atoms with Crippen molar-refractivity contribution >= 4 is 62.0 Å². The monoisotopic (exact) mass is 654 g/mol. The van der Waals surface area contributed by atoms with Gasteiger partial charge in [-0.05, 0) is 82.1 Å². The Balaban J connectivity index is 1.14. The number of amidine groups is 1. The number of non-ortho nitro benzene ring substituents is 1. The Kier molecular flexibility index (Phi) is 8.63. The number of aromatic amines is 1. The Morgan fingerprint density at radius 3 is 2.48 bits per heavy atom. The van der Waals surface area contributed by atoms with Crippen LogP contribution in [0.5, 0.6) is 11.5 Å². The summed E-state index contributed by atoms with van der Waals surface area (Å²) in [4.78, 5) is 34.8. The van der Waals surface area contributed by atoms with Crippen LogP contribution in [-0.2, 0) is 17.8 Å². The molecule has 48 heavy (non-hydrogen) atoms. The number of thioether (sulfide) groups is 1. The molecular weight excluding hydrogens is 625 g/mol. The smallest absolute Gasteiger partial charge is 0.269 e. The van der Waals surface area contributed by atoms with E-state index in [4.69, 9.17) is 14.5 Å². The molecule has 0 spiro atoms. The van der Waals surface area contributed by atoms with E-state index in [0.717, 1.165) is 38.4 Å². The molecule has 238 valence electrons. The summed E-state index contributed by atoms with van der Waals surface area (Å²) < 4.78 is 11.9. The molecule has 10 heteroatoms. The molecule has 0 bridgehead atoms. The number of methoxy groups -OCH3 is 1. The summed E-state index contributed by atoms with van der Waals surface area (Å²) in [5.74, 6) is 0.977. The molecule has 1 aliphatic heterocycles. The second kappa shape index (κ2) is 13.5. The number of benzene rings is 5. The average Bonchev–Trinajstić information content (AvgIpc) is 3.66. The number of hydrogen-bond donors (Lipinski definition) is 1. The molecule has 2 heterocycles. The van der Waals surface area contributed by atoms with E-state index < -0.39 is 4.92 Å². The third-order valence-corrected chi connectivity index (χ3v) is 9.21. The van der Waals surface area contributed by atoms with E-state index >= 15 is 0 Å². The van der Waals surface area contributed by atoms with Gasteiger partial charge in [-0.15, -0.1) is 0 Å². The number of nitrogens with one attached hydrogen (secondary N) is 1. The summed E-state index contributed by atoms with van der Waals surface area (Å²) in [5.41, 5.74) is 4.47. The molecule has 5 aromatic carbocycles. The maximum atomic E-state index is 13.9. The lowest BCUT2D eigenvalue weighted by Gasteiger charge is -2.15. The zero-order valence-corrected chi connectivity index (χ0v) is 26.8. The van der Waals surface area contributed by atoms with Crippen molar-refractivity contribution in [1.82, 2.24) is 9.88 Å². The molecule has 1 amide bonds. The van der Waals surface area contributed by atoms with Gasteiger partial charge in [0.1, 0.15) is 6.61 Å². The van der Waals surface area contributed by atoms with Crippen molar-refractivity contribution in [3.05, 3.63) is 147 Å². The number of fused-ring (bicyclic) bond motifs is 2. The first-order chi connectivity index (χ1) is 23.5. The third kappa shape index (κ3) is 6.38. The van der Waals surface area contributed by atoms with Gasteiger partial charge in [-0.1, -0.05) is 66.7 Å². The lowest BCUT2D eigenvalue weighted by molar-refractivity contribution is -0.384. The number of nitro benzene ring substituents is 1. The standard InChI is InChI=1S/C38H30N4O5S/c1-46-35-21-25(13-18-34(35)47-24-28-9-6-8-26-7-2-3-10-31(26)28)22-36-37(43)41(20-19-27-23-39-33-12-5-4-11-32(27)33)38(48-36)40-29-14-16-30(17-15-29)42(44)45/h2-18,21-23,39H,19-20,24H2,1H3/b36-22-,40-38?. The molecule has 1 fully saturated rings. The molecule has 1 saturated heterocycles. The summed E-state index contributed by atoms with van der Waals surface area (Å²) in [7, 11) is 1.59. The highest BCUT2D eigenvalue weighted by Crippen LogP contribution is 2.37. The zero-order valence-electron chi connectivity index (χ0n) is 26.0. The Labute approximate surface area is 280 Å². The largest absolute Gasteiger partial charge is 0.493 e. The zero-order chi connectivity index (χ0) is 33.0. The van der Waals surface area contributed by atoms with Crippen molar-refractivity contribution in [2.45, 2.75) is 13.0 Å². The molecule has 9 nitrogen and oxygen atoms in total. The van der Waals surface area contributed by atoms with Crippen LogP contribution in [0.15, 0.2) is 125 Å². The number of hydrogen-bond acceptors (Lipinski definition) is 7. The second-order valence-corrected chi connectivity index (χ2v) is 12.2. The van der Waals surface area contributed by atoms with Crippen molar-refractivity contribution in [2.24, 2.45) is 4.99 Å². The van der Waals surface area contributed by atoms with E-state index in [1.165, 1.54) is 23.9 Å². The van der Waals surface area contributed by atoms with Gasteiger partial charge >= 0.3 is 0 Å². The van der Waals surface area contributed by atoms with Crippen molar-refractivity contribution in [1.29, 1.82) is 0 Å². The number of ether oxygens (including phenoxy) is 2. The number of H-pyrrole nitrogens is 1. The summed E-state index contributed by atoms with van der Waals surface area (Å²) in [6.45, 7) is 0.779. The van der Waals surface area contributed by atoms with Gasteiger partial charge in [0.25, 0.3) is 11.6 Å². The van der Waals surface area contributed by atoms with Crippen LogP contribution in [0.1, 0.15) is 16.7 Å². The Morgan fingerprint density at radius 2 is 1.67 bits per heavy atom. The first-order valence-corrected chi connectivity index (χ1v) is 16.2. The van der Waals surface area contributed by atoms with E-state index in [9.17, 15) is 14.9 Å². The van der Waals surface area contributed by atoms with E-state index in [0.29, 0.717) is 46.8 Å². The minimum atomic E-state index is -0.451. The normalized spacial score (nSPS) is 14.8. The van der Waals surface area contributed by atoms with E-state index in [1.54, 1.807) is 24.1 Å². The SMILES string of the molecule is COc1cc(/C=C2\SC(=Nc3ccc([N+](=O)[O-])cc3)N(CCc3c[nH]c4ccccc34)C2=O)ccc1OCc1cccc2ccccc12. The van der Waals surface area contributed by atoms with Crippen LogP contribution in [-0.4, -0.2) is 39.5 Å². The highest BCUT2D eigenvalue weighted by Gasteiger charge is 2.33. The number of para-hydroxylation sites is 1. The first kappa shape index (κ1) is 30.8. The number of aliphatic imine (C=N–C) groups is 1. The minimum Gasteiger partial charge on any atom is -0.493 e. The Bertz CT molecular complexity index is 2220. The number of nitro groups is 1. The molecule has 0 radical (unpaired) electrons. The molecule has 0 unspecified atom stereocenters. The van der Waals surface area contributed by atoms with E-state index in [-0.39, 0.29) is 11.6 Å². The highest BCUT2D eigenvalue weighted by atomic mass is 32.2. The number of carbonyl (C=O) groups excluding carboxylic acids is 1. The highest BCUT2D eigenvalue weighted by molar-refractivity contribution is 8.18. The topological polar surface area (TPSA) is 110 Å². The summed E-state index contributed by atoms with van der Waals surface area (Å²) in [6, 6.07) is 34.0. The van der Waals surface area contributed by atoms with Gasteiger partial charge in [-0.25, -0.2) is 4.99 Å². The number of rotatable bonds is 10. The van der Waals surface area contributed by atoms with Gasteiger partial charge in [-0.2, -0.15) is 0 Å². The van der Waals surface area contributed by atoms with Crippen LogP contribution < -0.4 is 9.47 Å². The minimum absolute atomic E-state index is 0.0237. The van der Waals surface area contributed by atoms with E-state index in [1.807, 2.05) is 66.9 Å².